The highest BCUT2D eigenvalue weighted by molar-refractivity contribution is 14.1. The maximum atomic E-state index is 4.32. The highest BCUT2D eigenvalue weighted by Crippen LogP contribution is 2.09. The molecular formula is C14H15IN4. The summed E-state index contributed by atoms with van der Waals surface area (Å²) in [6, 6.07) is 10.1. The van der Waals surface area contributed by atoms with E-state index in [1.165, 1.54) is 3.57 Å². The quantitative estimate of drug-likeness (QED) is 0.514. The number of hydrogen-bond acceptors (Lipinski definition) is 4. The van der Waals surface area contributed by atoms with Crippen LogP contribution in [0.15, 0.2) is 35.4 Å². The number of rotatable bonds is 3. The number of nitrogens with zero attached hydrogens (tertiary/aromatic N) is 3. The minimum absolute atomic E-state index is 0.530. The van der Waals surface area contributed by atoms with Crippen molar-refractivity contribution < 1.29 is 0 Å². The van der Waals surface area contributed by atoms with E-state index in [0.717, 1.165) is 22.7 Å². The fourth-order valence-electron chi connectivity index (χ4n) is 1.67. The van der Waals surface area contributed by atoms with E-state index in [2.05, 4.69) is 55.2 Å². The lowest BCUT2D eigenvalue weighted by molar-refractivity contribution is 1.03. The molecule has 0 aliphatic carbocycles. The van der Waals surface area contributed by atoms with Gasteiger partial charge in [-0.3, -0.25) is 0 Å². The van der Waals surface area contributed by atoms with E-state index in [1.807, 2.05) is 39.0 Å². The van der Waals surface area contributed by atoms with Crippen molar-refractivity contribution in [3.05, 3.63) is 50.9 Å². The Balaban J connectivity index is 2.15. The van der Waals surface area contributed by atoms with Gasteiger partial charge < -0.3 is 0 Å². The van der Waals surface area contributed by atoms with E-state index in [1.54, 1.807) is 0 Å². The fourth-order valence-corrected chi connectivity index (χ4v) is 2.03. The zero-order valence-corrected chi connectivity index (χ0v) is 13.3. The van der Waals surface area contributed by atoms with E-state index in [-0.39, 0.29) is 0 Å². The number of hydrazone groups is 1. The SMILES string of the molecule is C/C(=N/Nc1nc(C)cc(C)n1)c1ccc(I)cc1. The summed E-state index contributed by atoms with van der Waals surface area (Å²) in [4.78, 5) is 8.57. The van der Waals surface area contributed by atoms with Gasteiger partial charge in [0.15, 0.2) is 0 Å². The molecule has 5 heteroatoms. The molecule has 0 aliphatic heterocycles. The molecule has 19 heavy (non-hydrogen) atoms. The van der Waals surface area contributed by atoms with Gasteiger partial charge in [-0.05, 0) is 67.1 Å². The Hall–Kier alpha value is -1.50. The minimum Gasteiger partial charge on any atom is -0.245 e. The monoisotopic (exact) mass is 366 g/mol. The van der Waals surface area contributed by atoms with Crippen molar-refractivity contribution in [3.63, 3.8) is 0 Å². The summed E-state index contributed by atoms with van der Waals surface area (Å²) in [7, 11) is 0. The Labute approximate surface area is 126 Å². The lowest BCUT2D eigenvalue weighted by atomic mass is 10.1. The van der Waals surface area contributed by atoms with Crippen LogP contribution in [0.2, 0.25) is 0 Å². The number of hydrogen-bond donors (Lipinski definition) is 1. The van der Waals surface area contributed by atoms with Crippen LogP contribution in [0, 0.1) is 17.4 Å². The van der Waals surface area contributed by atoms with Crippen LogP contribution in [-0.2, 0) is 0 Å². The molecule has 2 aromatic rings. The molecule has 0 atom stereocenters. The molecular weight excluding hydrogens is 351 g/mol. The smallest absolute Gasteiger partial charge is 0.243 e. The normalized spacial score (nSPS) is 11.5. The average Bonchev–Trinajstić information content (AvgIpc) is 2.36. The topological polar surface area (TPSA) is 50.2 Å². The zero-order chi connectivity index (χ0) is 13.8. The lowest BCUT2D eigenvalue weighted by Crippen LogP contribution is -2.03. The van der Waals surface area contributed by atoms with Crippen molar-refractivity contribution >= 4 is 34.3 Å². The summed E-state index contributed by atoms with van der Waals surface area (Å²) in [5, 5.41) is 4.32. The minimum atomic E-state index is 0.530. The van der Waals surface area contributed by atoms with Crippen LogP contribution in [0.1, 0.15) is 23.9 Å². The van der Waals surface area contributed by atoms with Gasteiger partial charge in [-0.25, -0.2) is 15.4 Å². The van der Waals surface area contributed by atoms with Crippen molar-refractivity contribution in [1.29, 1.82) is 0 Å². The first kappa shape index (κ1) is 13.9. The van der Waals surface area contributed by atoms with E-state index in [9.17, 15) is 0 Å². The molecule has 0 amide bonds. The molecule has 0 unspecified atom stereocenters. The second-order valence-electron chi connectivity index (χ2n) is 4.29. The van der Waals surface area contributed by atoms with Crippen LogP contribution in [0.5, 0.6) is 0 Å². The number of aromatic nitrogens is 2. The molecule has 4 nitrogen and oxygen atoms in total. The van der Waals surface area contributed by atoms with Crippen LogP contribution in [0.25, 0.3) is 0 Å². The predicted molar refractivity (Wildman–Crippen MR) is 86.5 cm³/mol. The Kier molecular flexibility index (Phi) is 4.47. The second-order valence-corrected chi connectivity index (χ2v) is 5.54. The van der Waals surface area contributed by atoms with Gasteiger partial charge in [-0.15, -0.1) is 0 Å². The van der Waals surface area contributed by atoms with Gasteiger partial charge in [0, 0.05) is 15.0 Å². The molecule has 1 aromatic carbocycles. The van der Waals surface area contributed by atoms with Gasteiger partial charge in [0.05, 0.1) is 5.71 Å². The van der Waals surface area contributed by atoms with Crippen LogP contribution in [0.3, 0.4) is 0 Å². The third-order valence-electron chi connectivity index (χ3n) is 2.57. The lowest BCUT2D eigenvalue weighted by Gasteiger charge is -2.04. The van der Waals surface area contributed by atoms with E-state index in [0.29, 0.717) is 5.95 Å². The van der Waals surface area contributed by atoms with Crippen LogP contribution in [0.4, 0.5) is 5.95 Å². The van der Waals surface area contributed by atoms with Gasteiger partial charge >= 0.3 is 0 Å². The Bertz CT molecular complexity index is 585. The molecule has 0 saturated heterocycles. The van der Waals surface area contributed by atoms with Crippen molar-refractivity contribution in [2.75, 3.05) is 5.43 Å². The van der Waals surface area contributed by atoms with E-state index >= 15 is 0 Å². The van der Waals surface area contributed by atoms with Gasteiger partial charge in [0.25, 0.3) is 0 Å². The largest absolute Gasteiger partial charge is 0.245 e. The Morgan fingerprint density at radius 3 is 2.26 bits per heavy atom. The predicted octanol–water partition coefficient (Wildman–Crippen LogP) is 3.53. The molecule has 1 heterocycles. The summed E-state index contributed by atoms with van der Waals surface area (Å²) in [6.45, 7) is 5.84. The van der Waals surface area contributed by atoms with Gasteiger partial charge in [-0.1, -0.05) is 12.1 Å². The third-order valence-corrected chi connectivity index (χ3v) is 3.29. The summed E-state index contributed by atoms with van der Waals surface area (Å²) in [5.41, 5.74) is 6.74. The summed E-state index contributed by atoms with van der Waals surface area (Å²) in [6.07, 6.45) is 0. The van der Waals surface area contributed by atoms with Crippen molar-refractivity contribution in [1.82, 2.24) is 9.97 Å². The zero-order valence-electron chi connectivity index (χ0n) is 11.1. The molecule has 0 saturated carbocycles. The van der Waals surface area contributed by atoms with E-state index in [4.69, 9.17) is 0 Å². The van der Waals surface area contributed by atoms with Gasteiger partial charge in [-0.2, -0.15) is 5.10 Å². The molecule has 1 N–H and O–H groups in total. The van der Waals surface area contributed by atoms with Crippen molar-refractivity contribution in [2.24, 2.45) is 5.10 Å². The van der Waals surface area contributed by atoms with Crippen LogP contribution < -0.4 is 5.43 Å². The summed E-state index contributed by atoms with van der Waals surface area (Å²) < 4.78 is 1.21. The van der Waals surface area contributed by atoms with Crippen molar-refractivity contribution in [3.8, 4) is 0 Å². The number of anilines is 1. The Morgan fingerprint density at radius 1 is 1.11 bits per heavy atom. The second kappa shape index (κ2) is 6.10. The molecule has 98 valence electrons. The highest BCUT2D eigenvalue weighted by atomic mass is 127. The standard InChI is InChI=1S/C14H15IN4/c1-9-8-10(2)17-14(16-9)19-18-11(3)12-4-6-13(15)7-5-12/h4-8H,1-3H3,(H,16,17,19)/b18-11-. The molecule has 0 bridgehead atoms. The molecule has 1 aromatic heterocycles. The maximum Gasteiger partial charge on any atom is 0.243 e. The average molecular weight is 366 g/mol. The highest BCUT2D eigenvalue weighted by Gasteiger charge is 2.00. The summed E-state index contributed by atoms with van der Waals surface area (Å²) in [5.74, 6) is 0.530. The molecule has 0 radical (unpaired) electrons. The number of nitrogens with one attached hydrogen (secondary N) is 1. The first-order chi connectivity index (χ1) is 9.04. The molecule has 2 rings (SSSR count). The van der Waals surface area contributed by atoms with Gasteiger partial charge in [0.1, 0.15) is 0 Å². The molecule has 0 fully saturated rings. The number of benzene rings is 1. The number of halogens is 1. The molecule has 0 spiro atoms. The van der Waals surface area contributed by atoms with Gasteiger partial charge in [0.2, 0.25) is 5.95 Å². The molecule has 0 aliphatic rings. The van der Waals surface area contributed by atoms with E-state index < -0.39 is 0 Å². The van der Waals surface area contributed by atoms with Crippen molar-refractivity contribution in [2.45, 2.75) is 20.8 Å². The Morgan fingerprint density at radius 2 is 1.68 bits per heavy atom. The number of aryl methyl sites for hydroxylation is 2. The van der Waals surface area contributed by atoms with Crippen LogP contribution in [-0.4, -0.2) is 15.7 Å². The van der Waals surface area contributed by atoms with Crippen LogP contribution >= 0.6 is 22.6 Å². The summed E-state index contributed by atoms with van der Waals surface area (Å²) >= 11 is 2.28. The fraction of sp³-hybridized carbons (Fsp3) is 0.214. The first-order valence-corrected chi connectivity index (χ1v) is 7.01. The third kappa shape index (κ3) is 3.99. The maximum absolute atomic E-state index is 4.32. The first-order valence-electron chi connectivity index (χ1n) is 5.93.